The summed E-state index contributed by atoms with van der Waals surface area (Å²) in [6.07, 6.45) is 12.8. The molecule has 2 saturated carbocycles. The second kappa shape index (κ2) is 10.1. The third-order valence-electron chi connectivity index (χ3n) is 5.26. The Morgan fingerprint density at radius 3 is 2.30 bits per heavy atom. The van der Waals surface area contributed by atoms with Crippen molar-refractivity contribution in [3.8, 4) is 0 Å². The van der Waals surface area contributed by atoms with E-state index in [1.807, 2.05) is 6.08 Å². The summed E-state index contributed by atoms with van der Waals surface area (Å²) in [5.74, 6) is 1.13. The zero-order chi connectivity index (χ0) is 16.5. The van der Waals surface area contributed by atoms with Crippen LogP contribution in [0.15, 0.2) is 12.3 Å². The molecule has 0 amide bonds. The van der Waals surface area contributed by atoms with E-state index in [1.54, 1.807) is 0 Å². The summed E-state index contributed by atoms with van der Waals surface area (Å²) in [7, 11) is 4.34. The molecule has 0 aromatic heterocycles. The quantitative estimate of drug-likeness (QED) is 0.297. The van der Waals surface area contributed by atoms with E-state index in [-0.39, 0.29) is 6.10 Å². The summed E-state index contributed by atoms with van der Waals surface area (Å²) in [6, 6.07) is 0.735. The maximum absolute atomic E-state index is 10.1. The van der Waals surface area contributed by atoms with Crippen LogP contribution in [0.5, 0.6) is 0 Å². The number of carbonyl (C=O) groups is 1. The lowest BCUT2D eigenvalue weighted by molar-refractivity contribution is -0.335. The van der Waals surface area contributed by atoms with Crippen LogP contribution in [0.25, 0.3) is 0 Å². The number of ether oxygens (including phenoxy) is 1. The zero-order valence-corrected chi connectivity index (χ0v) is 14.5. The van der Waals surface area contributed by atoms with Gasteiger partial charge in [0.05, 0.1) is 19.0 Å². The molecule has 0 N–H and O–H groups in total. The molecule has 0 aromatic carbocycles. The number of carbonyl (C=O) groups excluding carboxylic acids is 1. The van der Waals surface area contributed by atoms with Gasteiger partial charge in [0.2, 0.25) is 0 Å². The molecule has 0 aromatic rings. The summed E-state index contributed by atoms with van der Waals surface area (Å²) >= 11 is 0. The van der Waals surface area contributed by atoms with E-state index in [4.69, 9.17) is 9.78 Å². The van der Waals surface area contributed by atoms with Gasteiger partial charge in [-0.15, -0.1) is 0 Å². The van der Waals surface area contributed by atoms with Gasteiger partial charge in [0, 0.05) is 6.04 Å². The fourth-order valence-corrected chi connectivity index (χ4v) is 3.63. The van der Waals surface area contributed by atoms with E-state index < -0.39 is 0 Å². The minimum atomic E-state index is 0.213. The minimum Gasteiger partial charge on any atom is -0.437 e. The Kier molecular flexibility index (Phi) is 8.06. The normalized spacial score (nSPS) is 32.3. The van der Waals surface area contributed by atoms with E-state index in [0.717, 1.165) is 38.3 Å². The molecule has 0 unspecified atom stereocenters. The van der Waals surface area contributed by atoms with Gasteiger partial charge in [0.1, 0.15) is 0 Å². The van der Waals surface area contributed by atoms with Crippen LogP contribution in [0.2, 0.25) is 0 Å². The van der Waals surface area contributed by atoms with Crippen LogP contribution in [-0.4, -0.2) is 44.2 Å². The van der Waals surface area contributed by atoms with E-state index in [9.17, 15) is 4.79 Å². The largest absolute Gasteiger partial charge is 0.437 e. The number of nitrogens with zero attached hydrogens (tertiary/aromatic N) is 1. The van der Waals surface area contributed by atoms with Gasteiger partial charge in [-0.1, -0.05) is 0 Å². The van der Waals surface area contributed by atoms with Crippen LogP contribution in [0.3, 0.4) is 0 Å². The molecule has 0 atom stereocenters. The van der Waals surface area contributed by atoms with E-state index in [0.29, 0.717) is 18.3 Å². The highest BCUT2D eigenvalue weighted by Gasteiger charge is 2.24. The van der Waals surface area contributed by atoms with Gasteiger partial charge in [-0.2, -0.15) is 0 Å². The van der Waals surface area contributed by atoms with Crippen molar-refractivity contribution in [2.24, 2.45) is 11.8 Å². The molecule has 2 fully saturated rings. The maximum Gasteiger partial charge on any atom is 0.297 e. The Morgan fingerprint density at radius 2 is 1.70 bits per heavy atom. The Labute approximate surface area is 139 Å². The van der Waals surface area contributed by atoms with Crippen molar-refractivity contribution in [2.45, 2.75) is 63.5 Å². The Bertz CT molecular complexity index is 356. The number of hydrogen-bond donors (Lipinski definition) is 0. The van der Waals surface area contributed by atoms with Crippen LogP contribution in [-0.2, 0) is 19.3 Å². The molecule has 2 aliphatic rings. The molecule has 132 valence electrons. The molecule has 0 saturated heterocycles. The van der Waals surface area contributed by atoms with Gasteiger partial charge < -0.3 is 9.64 Å². The monoisotopic (exact) mass is 325 g/mol. The van der Waals surface area contributed by atoms with Crippen LogP contribution in [0, 0.1) is 11.8 Å². The topological polar surface area (TPSA) is 48.0 Å². The minimum absolute atomic E-state index is 0.213. The third-order valence-corrected chi connectivity index (χ3v) is 5.26. The van der Waals surface area contributed by atoms with Crippen molar-refractivity contribution in [1.29, 1.82) is 0 Å². The molecule has 5 heteroatoms. The summed E-state index contributed by atoms with van der Waals surface area (Å²) in [4.78, 5) is 23.6. The average Bonchev–Trinajstić information content (AvgIpc) is 2.57. The fourth-order valence-electron chi connectivity index (χ4n) is 3.63. The lowest BCUT2D eigenvalue weighted by atomic mass is 9.86. The summed E-state index contributed by atoms with van der Waals surface area (Å²) in [5, 5.41) is 0. The van der Waals surface area contributed by atoms with Crippen molar-refractivity contribution in [3.05, 3.63) is 12.3 Å². The third kappa shape index (κ3) is 6.61. The van der Waals surface area contributed by atoms with E-state index >= 15 is 0 Å². The van der Waals surface area contributed by atoms with Crippen molar-refractivity contribution < 1.29 is 19.3 Å². The van der Waals surface area contributed by atoms with Crippen molar-refractivity contribution >= 4 is 6.47 Å². The van der Waals surface area contributed by atoms with E-state index in [1.165, 1.54) is 31.9 Å². The van der Waals surface area contributed by atoms with Gasteiger partial charge >= 0.3 is 0 Å². The smallest absolute Gasteiger partial charge is 0.297 e. The fraction of sp³-hybridized carbons (Fsp3) is 0.833. The van der Waals surface area contributed by atoms with Crippen LogP contribution < -0.4 is 0 Å². The predicted octanol–water partition coefficient (Wildman–Crippen LogP) is 3.30. The first-order chi connectivity index (χ1) is 11.2. The molecule has 5 nitrogen and oxygen atoms in total. The first kappa shape index (κ1) is 18.4. The molecular formula is C18H31NO4. The number of allylic oxidation sites excluding steroid dienone is 1. The Balaban J connectivity index is 1.53. The first-order valence-electron chi connectivity index (χ1n) is 8.89. The molecule has 23 heavy (non-hydrogen) atoms. The molecular weight excluding hydrogens is 294 g/mol. The molecule has 0 heterocycles. The van der Waals surface area contributed by atoms with Gasteiger partial charge in [-0.3, -0.25) is 4.79 Å². The maximum atomic E-state index is 10.1. The van der Waals surface area contributed by atoms with Gasteiger partial charge in [-0.25, -0.2) is 9.78 Å². The Morgan fingerprint density at radius 1 is 1.00 bits per heavy atom. The summed E-state index contributed by atoms with van der Waals surface area (Å²) in [6.45, 7) is 1.18. The van der Waals surface area contributed by atoms with Gasteiger partial charge in [-0.05, 0) is 83.4 Å². The predicted molar refractivity (Wildman–Crippen MR) is 88.5 cm³/mol. The van der Waals surface area contributed by atoms with Crippen LogP contribution in [0.4, 0.5) is 0 Å². The SMILES string of the molecule is CN(C)C1CCC(COOC2CCC(C=COC=O)CC2)CC1. The summed E-state index contributed by atoms with van der Waals surface area (Å²) < 4.78 is 4.60. The zero-order valence-electron chi connectivity index (χ0n) is 14.5. The highest BCUT2D eigenvalue weighted by atomic mass is 17.2. The van der Waals surface area contributed by atoms with Crippen molar-refractivity contribution in [3.63, 3.8) is 0 Å². The lowest BCUT2D eigenvalue weighted by Gasteiger charge is -2.32. The van der Waals surface area contributed by atoms with Crippen molar-refractivity contribution in [2.75, 3.05) is 20.7 Å². The highest BCUT2D eigenvalue weighted by molar-refractivity contribution is 5.38. The lowest BCUT2D eigenvalue weighted by Crippen LogP contribution is -2.33. The molecule has 2 aliphatic carbocycles. The average molecular weight is 325 g/mol. The standard InChI is InChI=1S/C18H31NO4/c1-19(2)17-7-3-16(4-8-17)13-22-23-18-9-5-15(6-10-18)11-12-21-14-20/h11-12,14-18H,3-10,13H2,1-2H3. The van der Waals surface area contributed by atoms with Crippen molar-refractivity contribution in [1.82, 2.24) is 4.90 Å². The molecule has 2 rings (SSSR count). The van der Waals surface area contributed by atoms with Crippen LogP contribution >= 0.6 is 0 Å². The highest BCUT2D eigenvalue weighted by Crippen LogP contribution is 2.29. The summed E-state index contributed by atoms with van der Waals surface area (Å²) in [5.41, 5.74) is 0. The molecule has 0 aliphatic heterocycles. The molecule has 0 spiro atoms. The first-order valence-corrected chi connectivity index (χ1v) is 8.89. The molecule has 0 bridgehead atoms. The molecule has 0 radical (unpaired) electrons. The number of hydrogen-bond acceptors (Lipinski definition) is 5. The Hall–Kier alpha value is -0.910. The van der Waals surface area contributed by atoms with Gasteiger partial charge in [0.25, 0.3) is 6.47 Å². The van der Waals surface area contributed by atoms with Crippen LogP contribution in [0.1, 0.15) is 51.4 Å². The second-order valence-corrected chi connectivity index (χ2v) is 7.12. The number of rotatable bonds is 8. The van der Waals surface area contributed by atoms with E-state index in [2.05, 4.69) is 23.7 Å². The van der Waals surface area contributed by atoms with Gasteiger partial charge in [0.15, 0.2) is 0 Å². The second-order valence-electron chi connectivity index (χ2n) is 7.12.